The summed E-state index contributed by atoms with van der Waals surface area (Å²) in [5.74, 6) is -0.638. The van der Waals surface area contributed by atoms with E-state index in [9.17, 15) is 9.59 Å². The topological polar surface area (TPSA) is 101 Å². The summed E-state index contributed by atoms with van der Waals surface area (Å²) in [6.07, 6.45) is 5.98. The highest BCUT2D eigenvalue weighted by Crippen LogP contribution is 2.16. The minimum atomic E-state index is -0.347. The first kappa shape index (κ1) is 20.1. The zero-order valence-electron chi connectivity index (χ0n) is 16.5. The molecule has 0 spiro atoms. The first-order chi connectivity index (χ1) is 13.9. The molecule has 2 heterocycles. The van der Waals surface area contributed by atoms with Gasteiger partial charge in [-0.15, -0.1) is 0 Å². The number of hydrogen-bond donors (Lipinski definition) is 1. The van der Waals surface area contributed by atoms with Gasteiger partial charge in [-0.2, -0.15) is 0 Å². The molecule has 29 heavy (non-hydrogen) atoms. The summed E-state index contributed by atoms with van der Waals surface area (Å²) < 4.78 is 0. The lowest BCUT2D eigenvalue weighted by atomic mass is 10.2. The third kappa shape index (κ3) is 5.19. The van der Waals surface area contributed by atoms with Gasteiger partial charge in [0.1, 0.15) is 11.4 Å². The number of aryl methyl sites for hydroxylation is 2. The number of carbonyl (C=O) groups is 2. The Bertz CT molecular complexity index is 974. The monoisotopic (exact) mass is 390 g/mol. The van der Waals surface area contributed by atoms with Crippen molar-refractivity contribution >= 4 is 17.5 Å². The summed E-state index contributed by atoms with van der Waals surface area (Å²) in [7, 11) is 0. The van der Waals surface area contributed by atoms with Gasteiger partial charge in [0.2, 0.25) is 0 Å². The van der Waals surface area contributed by atoms with Gasteiger partial charge in [0, 0.05) is 30.7 Å². The maximum Gasteiger partial charge on any atom is 0.278 e. The van der Waals surface area contributed by atoms with Gasteiger partial charge in [-0.05, 0) is 32.9 Å². The van der Waals surface area contributed by atoms with Crippen LogP contribution in [0.5, 0.6) is 0 Å². The molecule has 0 aliphatic rings. The van der Waals surface area contributed by atoms with Gasteiger partial charge < -0.3 is 10.2 Å². The normalized spacial score (nSPS) is 11.6. The summed E-state index contributed by atoms with van der Waals surface area (Å²) in [6, 6.07) is 8.90. The third-order valence-corrected chi connectivity index (χ3v) is 4.16. The van der Waals surface area contributed by atoms with E-state index in [0.717, 1.165) is 11.4 Å². The molecule has 0 aliphatic heterocycles. The van der Waals surface area contributed by atoms with Crippen LogP contribution in [0.4, 0.5) is 5.69 Å². The van der Waals surface area contributed by atoms with Gasteiger partial charge in [-0.3, -0.25) is 19.6 Å². The summed E-state index contributed by atoms with van der Waals surface area (Å²) in [5, 5.41) is 2.86. The molecule has 1 atom stereocenters. The maximum atomic E-state index is 13.1. The highest BCUT2D eigenvalue weighted by Gasteiger charge is 2.22. The summed E-state index contributed by atoms with van der Waals surface area (Å²) in [4.78, 5) is 43.6. The molecule has 8 nitrogen and oxygen atoms in total. The molecule has 0 saturated carbocycles. The van der Waals surface area contributed by atoms with Gasteiger partial charge in [-0.1, -0.05) is 18.2 Å². The molecule has 0 aliphatic carbocycles. The van der Waals surface area contributed by atoms with Crippen molar-refractivity contribution in [3.8, 4) is 0 Å². The molecule has 0 bridgehead atoms. The maximum absolute atomic E-state index is 13.1. The van der Waals surface area contributed by atoms with E-state index >= 15 is 0 Å². The molecule has 2 aromatic heterocycles. The van der Waals surface area contributed by atoms with Crippen LogP contribution in [0.3, 0.4) is 0 Å². The van der Waals surface area contributed by atoms with E-state index in [0.29, 0.717) is 5.69 Å². The number of hydrogen-bond acceptors (Lipinski definition) is 6. The Morgan fingerprint density at radius 1 is 0.897 bits per heavy atom. The number of anilines is 1. The van der Waals surface area contributed by atoms with E-state index in [1.165, 1.54) is 18.6 Å². The lowest BCUT2D eigenvalue weighted by Crippen LogP contribution is -2.45. The Balaban J connectivity index is 1.77. The zero-order chi connectivity index (χ0) is 20.8. The quantitative estimate of drug-likeness (QED) is 0.693. The van der Waals surface area contributed by atoms with E-state index in [1.54, 1.807) is 18.0 Å². The van der Waals surface area contributed by atoms with Crippen LogP contribution in [0.25, 0.3) is 0 Å². The van der Waals surface area contributed by atoms with Crippen LogP contribution in [-0.2, 0) is 0 Å². The number of amides is 2. The zero-order valence-corrected chi connectivity index (χ0v) is 16.5. The number of aromatic nitrogens is 4. The molecule has 8 heteroatoms. The highest BCUT2D eigenvalue weighted by molar-refractivity contribution is 6.04. The minimum absolute atomic E-state index is 0.226. The molecule has 2 amide bonds. The number of rotatable bonds is 6. The van der Waals surface area contributed by atoms with E-state index in [2.05, 4.69) is 25.3 Å². The van der Waals surface area contributed by atoms with E-state index in [1.807, 2.05) is 44.2 Å². The molecule has 3 rings (SSSR count). The van der Waals surface area contributed by atoms with Crippen LogP contribution < -0.4 is 10.2 Å². The van der Waals surface area contributed by atoms with Gasteiger partial charge in [0.25, 0.3) is 11.8 Å². The molecule has 1 unspecified atom stereocenters. The molecule has 0 fully saturated rings. The van der Waals surface area contributed by atoms with Crippen molar-refractivity contribution in [2.24, 2.45) is 0 Å². The van der Waals surface area contributed by atoms with Gasteiger partial charge in [0.05, 0.1) is 23.8 Å². The molecule has 0 saturated heterocycles. The van der Waals surface area contributed by atoms with E-state index < -0.39 is 0 Å². The van der Waals surface area contributed by atoms with E-state index in [-0.39, 0.29) is 35.8 Å². The van der Waals surface area contributed by atoms with Crippen molar-refractivity contribution in [2.45, 2.75) is 26.8 Å². The second kappa shape index (κ2) is 9.01. The summed E-state index contributed by atoms with van der Waals surface area (Å²) in [6.45, 7) is 5.68. The molecule has 1 aromatic carbocycles. The SMILES string of the molecule is Cc1cnc(C(=O)NC(C)CN(C(=O)c2cnc(C)cn2)c2ccccc2)cn1. The van der Waals surface area contributed by atoms with Gasteiger partial charge >= 0.3 is 0 Å². The Hall–Kier alpha value is -3.68. The number of nitrogens with one attached hydrogen (secondary N) is 1. The van der Waals surface area contributed by atoms with Crippen LogP contribution in [0, 0.1) is 13.8 Å². The second-order valence-corrected chi connectivity index (χ2v) is 6.71. The average molecular weight is 390 g/mol. The Kier molecular flexibility index (Phi) is 6.23. The van der Waals surface area contributed by atoms with Crippen LogP contribution in [-0.4, -0.2) is 44.3 Å². The average Bonchev–Trinajstić information content (AvgIpc) is 2.73. The minimum Gasteiger partial charge on any atom is -0.346 e. The van der Waals surface area contributed by atoms with Gasteiger partial charge in [-0.25, -0.2) is 9.97 Å². The molecule has 0 radical (unpaired) electrons. The largest absolute Gasteiger partial charge is 0.346 e. The fourth-order valence-corrected chi connectivity index (χ4v) is 2.68. The van der Waals surface area contributed by atoms with Gasteiger partial charge in [0.15, 0.2) is 0 Å². The molecule has 1 N–H and O–H groups in total. The smallest absolute Gasteiger partial charge is 0.278 e. The predicted molar refractivity (Wildman–Crippen MR) is 109 cm³/mol. The molecular formula is C21H22N6O2. The molecule has 148 valence electrons. The lowest BCUT2D eigenvalue weighted by molar-refractivity contribution is 0.0922. The third-order valence-electron chi connectivity index (χ3n) is 4.16. The van der Waals surface area contributed by atoms with Crippen molar-refractivity contribution in [3.63, 3.8) is 0 Å². The second-order valence-electron chi connectivity index (χ2n) is 6.71. The van der Waals surface area contributed by atoms with Crippen LogP contribution in [0.15, 0.2) is 55.1 Å². The summed E-state index contributed by atoms with van der Waals surface area (Å²) >= 11 is 0. The predicted octanol–water partition coefficient (Wildman–Crippen LogP) is 2.35. The lowest BCUT2D eigenvalue weighted by Gasteiger charge is -2.26. The first-order valence-corrected chi connectivity index (χ1v) is 9.19. The first-order valence-electron chi connectivity index (χ1n) is 9.19. The fraction of sp³-hybridized carbons (Fsp3) is 0.238. The van der Waals surface area contributed by atoms with Crippen LogP contribution in [0.2, 0.25) is 0 Å². The van der Waals surface area contributed by atoms with Crippen molar-refractivity contribution in [1.29, 1.82) is 0 Å². The highest BCUT2D eigenvalue weighted by atomic mass is 16.2. The molecular weight excluding hydrogens is 368 g/mol. The fourth-order valence-electron chi connectivity index (χ4n) is 2.68. The van der Waals surface area contributed by atoms with Crippen molar-refractivity contribution in [2.75, 3.05) is 11.4 Å². The van der Waals surface area contributed by atoms with Crippen molar-refractivity contribution in [1.82, 2.24) is 25.3 Å². The van der Waals surface area contributed by atoms with Crippen LogP contribution >= 0.6 is 0 Å². The standard InChI is InChI=1S/C21H22N6O2/c1-14-9-24-18(11-22-14)20(28)26-16(3)13-27(17-7-5-4-6-8-17)21(29)19-12-23-15(2)10-25-19/h4-12,16H,13H2,1-3H3,(H,26,28). The summed E-state index contributed by atoms with van der Waals surface area (Å²) in [5.41, 5.74) is 2.63. The number of nitrogens with zero attached hydrogens (tertiary/aromatic N) is 5. The Labute approximate surface area is 169 Å². The number of carbonyl (C=O) groups excluding carboxylic acids is 2. The van der Waals surface area contributed by atoms with Crippen LogP contribution in [0.1, 0.15) is 39.3 Å². The Morgan fingerprint density at radius 2 is 1.48 bits per heavy atom. The Morgan fingerprint density at radius 3 is 2.03 bits per heavy atom. The van der Waals surface area contributed by atoms with E-state index in [4.69, 9.17) is 0 Å². The van der Waals surface area contributed by atoms with Crippen molar-refractivity contribution in [3.05, 3.63) is 77.9 Å². The number of benzene rings is 1. The number of para-hydroxylation sites is 1. The van der Waals surface area contributed by atoms with Crippen molar-refractivity contribution < 1.29 is 9.59 Å². The molecule has 3 aromatic rings.